The highest BCUT2D eigenvalue weighted by molar-refractivity contribution is 5.45. The van der Waals surface area contributed by atoms with E-state index in [1.54, 1.807) is 16.8 Å². The number of nitrogens with one attached hydrogen (secondary N) is 1. The van der Waals surface area contributed by atoms with Gasteiger partial charge in [0, 0.05) is 42.4 Å². The highest BCUT2D eigenvalue weighted by Crippen LogP contribution is 2.32. The molecule has 0 amide bonds. The number of fused-ring (bicyclic) bond motifs is 1. The van der Waals surface area contributed by atoms with E-state index < -0.39 is 0 Å². The summed E-state index contributed by atoms with van der Waals surface area (Å²) < 4.78 is 21.5. The summed E-state index contributed by atoms with van der Waals surface area (Å²) in [7, 11) is 0. The maximum absolute atomic E-state index is 14.3. The molecule has 0 unspecified atom stereocenters. The third-order valence-corrected chi connectivity index (χ3v) is 5.80. The monoisotopic (exact) mass is 371 g/mol. The number of anilines is 1. The van der Waals surface area contributed by atoms with Gasteiger partial charge in [-0.3, -0.25) is 9.36 Å². The Morgan fingerprint density at radius 1 is 1.30 bits per heavy atom. The van der Waals surface area contributed by atoms with E-state index in [-0.39, 0.29) is 17.9 Å². The van der Waals surface area contributed by atoms with E-state index >= 15 is 0 Å². The zero-order valence-electron chi connectivity index (χ0n) is 15.8. The minimum atomic E-state index is -0.254. The normalized spacial score (nSPS) is 16.8. The Morgan fingerprint density at radius 2 is 2.11 bits per heavy atom. The minimum Gasteiger partial charge on any atom is -0.493 e. The molecule has 144 valence electrons. The standard InChI is InChI=1S/C21H26FN3O2/c1-2-25-20(26)16(14-6-4-3-5-7-14)12-23-21(25)24-13-17-15-10-11-27-19(15)9-8-18(17)22/h8-9,12,14H,2-7,10-11,13H2,1H3,(H,23,24). The van der Waals surface area contributed by atoms with Crippen LogP contribution in [0.4, 0.5) is 10.3 Å². The van der Waals surface area contributed by atoms with Crippen LogP contribution in [0.2, 0.25) is 0 Å². The zero-order valence-corrected chi connectivity index (χ0v) is 15.8. The predicted molar refractivity (Wildman–Crippen MR) is 103 cm³/mol. The third kappa shape index (κ3) is 3.45. The quantitative estimate of drug-likeness (QED) is 0.863. The van der Waals surface area contributed by atoms with E-state index in [0.29, 0.717) is 37.0 Å². The minimum absolute atomic E-state index is 0.0315. The molecule has 1 fully saturated rings. The second-order valence-electron chi connectivity index (χ2n) is 7.38. The number of hydrogen-bond acceptors (Lipinski definition) is 4. The van der Waals surface area contributed by atoms with Gasteiger partial charge >= 0.3 is 0 Å². The molecule has 2 heterocycles. The molecule has 0 saturated heterocycles. The first-order valence-electron chi connectivity index (χ1n) is 9.95. The molecule has 2 aliphatic rings. The van der Waals surface area contributed by atoms with Crippen molar-refractivity contribution in [1.82, 2.24) is 9.55 Å². The molecule has 1 aromatic heterocycles. The average Bonchev–Trinajstić information content (AvgIpc) is 3.17. The van der Waals surface area contributed by atoms with Crippen LogP contribution in [0.1, 0.15) is 61.6 Å². The molecule has 2 aromatic rings. The fourth-order valence-electron chi connectivity index (χ4n) is 4.31. The molecule has 0 radical (unpaired) electrons. The summed E-state index contributed by atoms with van der Waals surface area (Å²) in [4.78, 5) is 17.5. The fraction of sp³-hybridized carbons (Fsp3) is 0.524. The van der Waals surface area contributed by atoms with Gasteiger partial charge in [0.25, 0.3) is 5.56 Å². The first-order valence-corrected chi connectivity index (χ1v) is 9.95. The molecular formula is C21H26FN3O2. The summed E-state index contributed by atoms with van der Waals surface area (Å²) in [6, 6.07) is 3.12. The van der Waals surface area contributed by atoms with Gasteiger partial charge < -0.3 is 10.1 Å². The Bertz CT molecular complexity index is 888. The number of nitrogens with zero attached hydrogens (tertiary/aromatic N) is 2. The molecule has 1 saturated carbocycles. The van der Waals surface area contributed by atoms with Gasteiger partial charge in [-0.25, -0.2) is 9.37 Å². The Balaban J connectivity index is 1.59. The lowest BCUT2D eigenvalue weighted by Gasteiger charge is -2.22. The van der Waals surface area contributed by atoms with Gasteiger partial charge in [0.15, 0.2) is 0 Å². The van der Waals surface area contributed by atoms with Gasteiger partial charge in [-0.1, -0.05) is 19.3 Å². The largest absolute Gasteiger partial charge is 0.493 e. The van der Waals surface area contributed by atoms with Gasteiger partial charge in [0.1, 0.15) is 11.6 Å². The van der Waals surface area contributed by atoms with E-state index in [9.17, 15) is 9.18 Å². The average molecular weight is 371 g/mol. The molecule has 1 N–H and O–H groups in total. The topological polar surface area (TPSA) is 56.1 Å². The first-order chi connectivity index (χ1) is 13.2. The van der Waals surface area contributed by atoms with Crippen LogP contribution < -0.4 is 15.6 Å². The molecule has 1 aliphatic carbocycles. The van der Waals surface area contributed by atoms with E-state index in [1.165, 1.54) is 25.3 Å². The summed E-state index contributed by atoms with van der Waals surface area (Å²) in [5, 5.41) is 3.18. The lowest BCUT2D eigenvalue weighted by molar-refractivity contribution is 0.356. The maximum atomic E-state index is 14.3. The van der Waals surface area contributed by atoms with Crippen LogP contribution in [0.3, 0.4) is 0 Å². The summed E-state index contributed by atoms with van der Waals surface area (Å²) in [6.45, 7) is 3.34. The number of aromatic nitrogens is 2. The second kappa shape index (κ2) is 7.71. The van der Waals surface area contributed by atoms with Crippen molar-refractivity contribution >= 4 is 5.95 Å². The Labute approximate surface area is 158 Å². The highest BCUT2D eigenvalue weighted by Gasteiger charge is 2.22. The van der Waals surface area contributed by atoms with Crippen molar-refractivity contribution in [2.24, 2.45) is 0 Å². The molecule has 27 heavy (non-hydrogen) atoms. The van der Waals surface area contributed by atoms with E-state index in [0.717, 1.165) is 29.7 Å². The van der Waals surface area contributed by atoms with Crippen LogP contribution in [-0.2, 0) is 19.5 Å². The van der Waals surface area contributed by atoms with Crippen LogP contribution in [0.25, 0.3) is 0 Å². The molecular weight excluding hydrogens is 345 g/mol. The van der Waals surface area contributed by atoms with Crippen molar-refractivity contribution in [1.29, 1.82) is 0 Å². The summed E-state index contributed by atoms with van der Waals surface area (Å²) in [5.41, 5.74) is 2.36. The molecule has 0 atom stereocenters. The number of halogens is 1. The van der Waals surface area contributed by atoms with Crippen LogP contribution in [-0.4, -0.2) is 16.2 Å². The third-order valence-electron chi connectivity index (χ3n) is 5.80. The highest BCUT2D eigenvalue weighted by atomic mass is 19.1. The van der Waals surface area contributed by atoms with E-state index in [2.05, 4.69) is 10.3 Å². The van der Waals surface area contributed by atoms with Crippen molar-refractivity contribution < 1.29 is 9.13 Å². The molecule has 1 aliphatic heterocycles. The second-order valence-corrected chi connectivity index (χ2v) is 7.38. The molecule has 5 nitrogen and oxygen atoms in total. The SMILES string of the molecule is CCn1c(NCc2c(F)ccc3c2CCO3)ncc(C2CCCCC2)c1=O. The van der Waals surface area contributed by atoms with E-state index in [4.69, 9.17) is 4.74 Å². The Kier molecular flexibility index (Phi) is 5.14. The van der Waals surface area contributed by atoms with Gasteiger partial charge in [0.2, 0.25) is 5.95 Å². The van der Waals surface area contributed by atoms with Gasteiger partial charge in [-0.05, 0) is 37.8 Å². The van der Waals surface area contributed by atoms with Crippen molar-refractivity contribution in [3.8, 4) is 5.75 Å². The van der Waals surface area contributed by atoms with Crippen molar-refractivity contribution in [2.75, 3.05) is 11.9 Å². The molecule has 1 aromatic carbocycles. The first kappa shape index (κ1) is 18.0. The maximum Gasteiger partial charge on any atom is 0.258 e. The fourth-order valence-corrected chi connectivity index (χ4v) is 4.31. The van der Waals surface area contributed by atoms with Crippen molar-refractivity contribution in [3.05, 3.63) is 51.2 Å². The number of benzene rings is 1. The van der Waals surface area contributed by atoms with Crippen molar-refractivity contribution in [3.63, 3.8) is 0 Å². The lowest BCUT2D eigenvalue weighted by Crippen LogP contribution is -2.29. The van der Waals surface area contributed by atoms with Gasteiger partial charge in [0.05, 0.1) is 6.61 Å². The van der Waals surface area contributed by atoms with Crippen molar-refractivity contribution in [2.45, 2.75) is 64.5 Å². The van der Waals surface area contributed by atoms with Crippen LogP contribution in [0.5, 0.6) is 5.75 Å². The molecule has 0 bridgehead atoms. The summed E-state index contributed by atoms with van der Waals surface area (Å²) in [6.07, 6.45) is 8.17. The summed E-state index contributed by atoms with van der Waals surface area (Å²) >= 11 is 0. The molecule has 0 spiro atoms. The van der Waals surface area contributed by atoms with E-state index in [1.807, 2.05) is 6.92 Å². The number of ether oxygens (including phenoxy) is 1. The molecule has 4 rings (SSSR count). The predicted octanol–water partition coefficient (Wildman–Crippen LogP) is 4.00. The van der Waals surface area contributed by atoms with Crippen LogP contribution in [0.15, 0.2) is 23.1 Å². The Morgan fingerprint density at radius 3 is 2.89 bits per heavy atom. The summed E-state index contributed by atoms with van der Waals surface area (Å²) in [5.74, 6) is 1.31. The number of hydrogen-bond donors (Lipinski definition) is 1. The smallest absolute Gasteiger partial charge is 0.258 e. The lowest BCUT2D eigenvalue weighted by atomic mass is 9.85. The van der Waals surface area contributed by atoms with Gasteiger partial charge in [-0.2, -0.15) is 0 Å². The zero-order chi connectivity index (χ0) is 18.8. The Hall–Kier alpha value is -2.37. The number of rotatable bonds is 5. The van der Waals surface area contributed by atoms with Crippen LogP contribution >= 0.6 is 0 Å². The van der Waals surface area contributed by atoms with Gasteiger partial charge in [-0.15, -0.1) is 0 Å². The molecule has 6 heteroatoms. The van der Waals surface area contributed by atoms with Crippen LogP contribution in [0, 0.1) is 5.82 Å².